The van der Waals surface area contributed by atoms with Crippen LogP contribution >= 0.6 is 0 Å². The molecular formula is C11H15N3O2. The number of carbonyl (C=O) groups is 1. The molecule has 86 valence electrons. The topological polar surface area (TPSA) is 75.1 Å². The summed E-state index contributed by atoms with van der Waals surface area (Å²) in [7, 11) is 0. The quantitative estimate of drug-likeness (QED) is 0.758. The molecule has 2 N–H and O–H groups in total. The fourth-order valence-electron chi connectivity index (χ4n) is 1.25. The molecule has 16 heavy (non-hydrogen) atoms. The van der Waals surface area contributed by atoms with E-state index in [-0.39, 0.29) is 17.4 Å². The molecule has 0 amide bonds. The minimum atomic E-state index is -1.01. The lowest BCUT2D eigenvalue weighted by atomic mass is 10.1. The number of aromatic nitrogens is 2. The van der Waals surface area contributed by atoms with Gasteiger partial charge in [0.15, 0.2) is 5.82 Å². The molecule has 1 unspecified atom stereocenters. The number of anilines is 1. The van der Waals surface area contributed by atoms with E-state index >= 15 is 0 Å². The van der Waals surface area contributed by atoms with Crippen LogP contribution in [-0.2, 0) is 0 Å². The van der Waals surface area contributed by atoms with Crippen molar-refractivity contribution in [3.05, 3.63) is 29.5 Å². The van der Waals surface area contributed by atoms with Crippen molar-refractivity contribution in [2.75, 3.05) is 5.32 Å². The van der Waals surface area contributed by atoms with Crippen molar-refractivity contribution in [1.82, 2.24) is 10.2 Å². The van der Waals surface area contributed by atoms with Gasteiger partial charge in [-0.25, -0.2) is 4.79 Å². The Morgan fingerprint density at radius 2 is 2.12 bits per heavy atom. The van der Waals surface area contributed by atoms with Crippen LogP contribution in [0, 0.1) is 13.8 Å². The fourth-order valence-corrected chi connectivity index (χ4v) is 1.25. The van der Waals surface area contributed by atoms with Gasteiger partial charge in [-0.15, -0.1) is 11.7 Å². The predicted molar refractivity (Wildman–Crippen MR) is 61.7 cm³/mol. The third kappa shape index (κ3) is 2.36. The molecule has 0 aliphatic rings. The van der Waals surface area contributed by atoms with Crippen LogP contribution in [0.15, 0.2) is 12.7 Å². The molecule has 1 aromatic rings. The van der Waals surface area contributed by atoms with Crippen molar-refractivity contribution in [3.63, 3.8) is 0 Å². The van der Waals surface area contributed by atoms with Gasteiger partial charge in [-0.05, 0) is 26.3 Å². The van der Waals surface area contributed by atoms with Gasteiger partial charge in [0.1, 0.15) is 5.56 Å². The first-order valence-corrected chi connectivity index (χ1v) is 4.93. The Morgan fingerprint density at radius 1 is 1.50 bits per heavy atom. The third-order valence-electron chi connectivity index (χ3n) is 2.39. The summed E-state index contributed by atoms with van der Waals surface area (Å²) >= 11 is 0. The normalized spacial score (nSPS) is 11.9. The average molecular weight is 221 g/mol. The van der Waals surface area contributed by atoms with Crippen molar-refractivity contribution in [1.29, 1.82) is 0 Å². The third-order valence-corrected chi connectivity index (χ3v) is 2.39. The second-order valence-electron chi connectivity index (χ2n) is 3.61. The summed E-state index contributed by atoms with van der Waals surface area (Å²) in [5.74, 6) is -0.725. The van der Waals surface area contributed by atoms with Gasteiger partial charge < -0.3 is 10.4 Å². The molecular weight excluding hydrogens is 206 g/mol. The van der Waals surface area contributed by atoms with Crippen LogP contribution < -0.4 is 5.32 Å². The fraction of sp³-hybridized carbons (Fsp3) is 0.364. The highest BCUT2D eigenvalue weighted by atomic mass is 16.4. The zero-order valence-corrected chi connectivity index (χ0v) is 9.61. The van der Waals surface area contributed by atoms with E-state index in [0.717, 1.165) is 0 Å². The first kappa shape index (κ1) is 12.2. The highest BCUT2D eigenvalue weighted by molar-refractivity contribution is 5.94. The van der Waals surface area contributed by atoms with Crippen molar-refractivity contribution < 1.29 is 9.90 Å². The highest BCUT2D eigenvalue weighted by Gasteiger charge is 2.18. The van der Waals surface area contributed by atoms with Crippen LogP contribution in [0.1, 0.15) is 28.5 Å². The van der Waals surface area contributed by atoms with E-state index in [4.69, 9.17) is 5.11 Å². The smallest absolute Gasteiger partial charge is 0.339 e. The van der Waals surface area contributed by atoms with Crippen LogP contribution in [0.25, 0.3) is 0 Å². The second-order valence-corrected chi connectivity index (χ2v) is 3.61. The maximum Gasteiger partial charge on any atom is 0.339 e. The molecule has 0 fully saturated rings. The maximum absolute atomic E-state index is 11.1. The molecule has 0 saturated heterocycles. The van der Waals surface area contributed by atoms with Crippen molar-refractivity contribution in [3.8, 4) is 0 Å². The average Bonchev–Trinajstić information content (AvgIpc) is 2.23. The Balaban J connectivity index is 3.23. The van der Waals surface area contributed by atoms with E-state index in [0.29, 0.717) is 11.3 Å². The predicted octanol–water partition coefficient (Wildman–Crippen LogP) is 1.78. The number of carboxylic acids is 1. The maximum atomic E-state index is 11.1. The Kier molecular flexibility index (Phi) is 3.60. The Hall–Kier alpha value is -1.91. The zero-order valence-electron chi connectivity index (χ0n) is 9.61. The Bertz CT molecular complexity index is 429. The monoisotopic (exact) mass is 221 g/mol. The van der Waals surface area contributed by atoms with Crippen molar-refractivity contribution in [2.24, 2.45) is 0 Å². The standard InChI is InChI=1S/C11H15N3O2/c1-5-6(2)12-10-9(11(15)16)7(3)8(4)13-14-10/h5-6H,1H2,2-4H3,(H,12,14)(H,15,16). The SMILES string of the molecule is C=CC(C)Nc1nnc(C)c(C)c1C(=O)O. The molecule has 5 nitrogen and oxygen atoms in total. The Morgan fingerprint density at radius 3 is 2.62 bits per heavy atom. The summed E-state index contributed by atoms with van der Waals surface area (Å²) in [6, 6.07) is -0.0606. The van der Waals surface area contributed by atoms with E-state index in [1.807, 2.05) is 6.92 Å². The van der Waals surface area contributed by atoms with Gasteiger partial charge in [0.2, 0.25) is 0 Å². The van der Waals surface area contributed by atoms with Crippen LogP contribution in [0.3, 0.4) is 0 Å². The molecule has 0 aliphatic heterocycles. The molecule has 1 aromatic heterocycles. The van der Waals surface area contributed by atoms with Crippen molar-refractivity contribution in [2.45, 2.75) is 26.8 Å². The van der Waals surface area contributed by atoms with Gasteiger partial charge in [0, 0.05) is 6.04 Å². The zero-order chi connectivity index (χ0) is 12.3. The minimum Gasteiger partial charge on any atom is -0.478 e. The molecule has 0 aliphatic carbocycles. The lowest BCUT2D eigenvalue weighted by Gasteiger charge is -2.13. The van der Waals surface area contributed by atoms with Crippen LogP contribution in [0.4, 0.5) is 5.82 Å². The van der Waals surface area contributed by atoms with E-state index < -0.39 is 5.97 Å². The molecule has 5 heteroatoms. The number of aryl methyl sites for hydroxylation is 1. The molecule has 0 bridgehead atoms. The summed E-state index contributed by atoms with van der Waals surface area (Å²) in [6.45, 7) is 8.92. The molecule has 0 radical (unpaired) electrons. The highest BCUT2D eigenvalue weighted by Crippen LogP contribution is 2.18. The van der Waals surface area contributed by atoms with Gasteiger partial charge in [-0.2, -0.15) is 5.10 Å². The molecule has 0 spiro atoms. The number of aromatic carboxylic acids is 1. The van der Waals surface area contributed by atoms with Crippen LogP contribution in [0.2, 0.25) is 0 Å². The lowest BCUT2D eigenvalue weighted by Crippen LogP contribution is -2.18. The largest absolute Gasteiger partial charge is 0.478 e. The molecule has 0 aromatic carbocycles. The van der Waals surface area contributed by atoms with Gasteiger partial charge >= 0.3 is 5.97 Å². The number of hydrogen-bond donors (Lipinski definition) is 2. The van der Waals surface area contributed by atoms with E-state index in [9.17, 15) is 4.79 Å². The van der Waals surface area contributed by atoms with E-state index in [2.05, 4.69) is 22.1 Å². The summed E-state index contributed by atoms with van der Waals surface area (Å²) in [6.07, 6.45) is 1.67. The number of nitrogens with zero attached hydrogens (tertiary/aromatic N) is 2. The second kappa shape index (κ2) is 4.74. The van der Waals surface area contributed by atoms with Crippen molar-refractivity contribution >= 4 is 11.8 Å². The summed E-state index contributed by atoms with van der Waals surface area (Å²) in [5, 5.41) is 19.8. The van der Waals surface area contributed by atoms with E-state index in [1.54, 1.807) is 19.9 Å². The number of nitrogens with one attached hydrogen (secondary N) is 1. The van der Waals surface area contributed by atoms with Crippen LogP contribution in [-0.4, -0.2) is 27.3 Å². The molecule has 0 saturated carbocycles. The summed E-state index contributed by atoms with van der Waals surface area (Å²) in [4.78, 5) is 11.1. The van der Waals surface area contributed by atoms with Gasteiger partial charge in [0.05, 0.1) is 5.69 Å². The number of rotatable bonds is 4. The lowest BCUT2D eigenvalue weighted by molar-refractivity contribution is 0.0696. The number of hydrogen-bond acceptors (Lipinski definition) is 4. The molecule has 1 atom stereocenters. The van der Waals surface area contributed by atoms with E-state index in [1.165, 1.54) is 0 Å². The van der Waals surface area contributed by atoms with Gasteiger partial charge in [-0.3, -0.25) is 0 Å². The van der Waals surface area contributed by atoms with Gasteiger partial charge in [-0.1, -0.05) is 6.08 Å². The minimum absolute atomic E-state index is 0.0606. The number of carboxylic acid groups (broad SMARTS) is 1. The van der Waals surface area contributed by atoms with Gasteiger partial charge in [0.25, 0.3) is 0 Å². The molecule has 1 heterocycles. The summed E-state index contributed by atoms with van der Waals surface area (Å²) < 4.78 is 0. The first-order valence-electron chi connectivity index (χ1n) is 4.93. The molecule has 1 rings (SSSR count). The summed E-state index contributed by atoms with van der Waals surface area (Å²) in [5.41, 5.74) is 1.41. The van der Waals surface area contributed by atoms with Crippen LogP contribution in [0.5, 0.6) is 0 Å². The first-order chi connectivity index (χ1) is 7.47. The Labute approximate surface area is 94.2 Å².